The Morgan fingerprint density at radius 3 is 3.21 bits per heavy atom. The maximum absolute atomic E-state index is 12.3. The number of carbonyl (C=O) groups is 1. The number of pyridine rings is 1. The van der Waals surface area contributed by atoms with Crippen molar-refractivity contribution in [2.45, 2.75) is 12.5 Å². The summed E-state index contributed by atoms with van der Waals surface area (Å²) < 4.78 is 5.55. The van der Waals surface area contributed by atoms with Crippen molar-refractivity contribution in [2.24, 2.45) is 0 Å². The van der Waals surface area contributed by atoms with Crippen LogP contribution >= 0.6 is 11.6 Å². The van der Waals surface area contributed by atoms with E-state index in [0.717, 1.165) is 16.6 Å². The summed E-state index contributed by atoms with van der Waals surface area (Å²) in [6.07, 6.45) is 4.18. The molecular weight excluding hydrogens is 328 g/mol. The van der Waals surface area contributed by atoms with Gasteiger partial charge in [0.05, 0.1) is 17.7 Å². The number of benzene rings is 1. The van der Waals surface area contributed by atoms with Crippen molar-refractivity contribution >= 4 is 34.2 Å². The van der Waals surface area contributed by atoms with Gasteiger partial charge in [0, 0.05) is 35.4 Å². The number of urea groups is 1. The van der Waals surface area contributed by atoms with Crippen molar-refractivity contribution in [3.05, 3.63) is 53.4 Å². The van der Waals surface area contributed by atoms with Crippen LogP contribution in [-0.4, -0.2) is 22.6 Å². The van der Waals surface area contributed by atoms with Crippen molar-refractivity contribution in [3.8, 4) is 5.75 Å². The summed E-state index contributed by atoms with van der Waals surface area (Å²) in [5.41, 5.74) is 2.24. The van der Waals surface area contributed by atoms with Crippen LogP contribution in [0, 0.1) is 0 Å². The third-order valence-electron chi connectivity index (χ3n) is 3.98. The Labute approximate surface area is 143 Å². The van der Waals surface area contributed by atoms with Crippen LogP contribution in [0.25, 0.3) is 10.9 Å². The SMILES string of the molecule is O=C(Nc1cc(Cl)c2cc[nH]c2c1)NC1CCOc2cccnc21. The first-order valence-corrected chi connectivity index (χ1v) is 8.00. The van der Waals surface area contributed by atoms with E-state index in [-0.39, 0.29) is 12.1 Å². The Morgan fingerprint density at radius 2 is 2.29 bits per heavy atom. The van der Waals surface area contributed by atoms with Gasteiger partial charge in [-0.15, -0.1) is 0 Å². The fourth-order valence-electron chi connectivity index (χ4n) is 2.87. The predicted octanol–water partition coefficient (Wildman–Crippen LogP) is 3.86. The normalized spacial score (nSPS) is 16.3. The standard InChI is InChI=1S/C17H15ClN4O2/c18-12-8-10(9-14-11(12)3-6-19-14)21-17(23)22-13-4-7-24-15-2-1-5-20-16(13)15/h1-3,5-6,8-9,13,19H,4,7H2,(H2,21,22,23). The van der Waals surface area contributed by atoms with Crippen molar-refractivity contribution in [2.75, 3.05) is 11.9 Å². The maximum Gasteiger partial charge on any atom is 0.319 e. The maximum atomic E-state index is 12.3. The Morgan fingerprint density at radius 1 is 1.38 bits per heavy atom. The van der Waals surface area contributed by atoms with Crippen LogP contribution in [0.4, 0.5) is 10.5 Å². The Balaban J connectivity index is 1.51. The molecule has 1 aromatic carbocycles. The molecule has 1 unspecified atom stereocenters. The molecule has 1 aliphatic heterocycles. The average molecular weight is 343 g/mol. The summed E-state index contributed by atoms with van der Waals surface area (Å²) in [4.78, 5) is 19.7. The number of H-pyrrole nitrogens is 1. The van der Waals surface area contributed by atoms with Gasteiger partial charge in [-0.1, -0.05) is 11.6 Å². The predicted molar refractivity (Wildman–Crippen MR) is 92.6 cm³/mol. The quantitative estimate of drug-likeness (QED) is 0.661. The molecule has 3 heterocycles. The van der Waals surface area contributed by atoms with E-state index >= 15 is 0 Å². The van der Waals surface area contributed by atoms with E-state index in [1.807, 2.05) is 30.5 Å². The number of hydrogen-bond donors (Lipinski definition) is 3. The number of ether oxygens (including phenoxy) is 1. The van der Waals surface area contributed by atoms with E-state index in [1.165, 1.54) is 0 Å². The van der Waals surface area contributed by atoms with Gasteiger partial charge in [-0.25, -0.2) is 4.79 Å². The molecule has 0 spiro atoms. The molecule has 3 aromatic rings. The van der Waals surface area contributed by atoms with E-state index in [9.17, 15) is 4.79 Å². The fourth-order valence-corrected chi connectivity index (χ4v) is 3.15. The lowest BCUT2D eigenvalue weighted by atomic mass is 10.1. The van der Waals surface area contributed by atoms with Crippen LogP contribution < -0.4 is 15.4 Å². The summed E-state index contributed by atoms with van der Waals surface area (Å²) in [6.45, 7) is 0.546. The molecule has 0 aliphatic carbocycles. The molecule has 2 amide bonds. The minimum absolute atomic E-state index is 0.181. The number of nitrogens with zero attached hydrogens (tertiary/aromatic N) is 1. The van der Waals surface area contributed by atoms with Crippen molar-refractivity contribution in [1.29, 1.82) is 0 Å². The van der Waals surface area contributed by atoms with Crippen LogP contribution in [0.5, 0.6) is 5.75 Å². The topological polar surface area (TPSA) is 79.0 Å². The third kappa shape index (κ3) is 2.76. The summed E-state index contributed by atoms with van der Waals surface area (Å²) >= 11 is 6.23. The van der Waals surface area contributed by atoms with Gasteiger partial charge in [0.15, 0.2) is 0 Å². The van der Waals surface area contributed by atoms with Gasteiger partial charge in [0.2, 0.25) is 0 Å². The van der Waals surface area contributed by atoms with Crippen LogP contribution in [0.3, 0.4) is 0 Å². The van der Waals surface area contributed by atoms with Crippen LogP contribution in [-0.2, 0) is 0 Å². The van der Waals surface area contributed by atoms with E-state index < -0.39 is 0 Å². The van der Waals surface area contributed by atoms with Crippen LogP contribution in [0.15, 0.2) is 42.7 Å². The third-order valence-corrected chi connectivity index (χ3v) is 4.29. The second-order valence-electron chi connectivity index (χ2n) is 5.57. The number of nitrogens with one attached hydrogen (secondary N) is 3. The van der Waals surface area contributed by atoms with E-state index in [1.54, 1.807) is 12.3 Å². The molecule has 0 bridgehead atoms. The highest BCUT2D eigenvalue weighted by Crippen LogP contribution is 2.30. The Bertz CT molecular complexity index is 908. The van der Waals surface area contributed by atoms with E-state index in [4.69, 9.17) is 16.3 Å². The summed E-state index contributed by atoms with van der Waals surface area (Å²) in [5.74, 6) is 0.713. The number of carbonyl (C=O) groups excluding carboxylic acids is 1. The van der Waals surface area contributed by atoms with Crippen LogP contribution in [0.1, 0.15) is 18.2 Å². The molecule has 7 heteroatoms. The van der Waals surface area contributed by atoms with E-state index in [0.29, 0.717) is 29.5 Å². The fraction of sp³-hybridized carbons (Fsp3) is 0.176. The van der Waals surface area contributed by atoms with Gasteiger partial charge in [0.1, 0.15) is 11.4 Å². The molecule has 0 saturated carbocycles. The smallest absolute Gasteiger partial charge is 0.319 e. The molecule has 1 aliphatic rings. The molecule has 2 aromatic heterocycles. The van der Waals surface area contributed by atoms with Crippen molar-refractivity contribution in [1.82, 2.24) is 15.3 Å². The minimum Gasteiger partial charge on any atom is -0.491 e. The Kier molecular flexibility index (Phi) is 3.74. The lowest BCUT2D eigenvalue weighted by Crippen LogP contribution is -2.35. The molecular formula is C17H15ClN4O2. The highest BCUT2D eigenvalue weighted by molar-refractivity contribution is 6.35. The Hall–Kier alpha value is -2.73. The second kappa shape index (κ2) is 6.05. The van der Waals surface area contributed by atoms with Gasteiger partial charge < -0.3 is 20.4 Å². The molecule has 122 valence electrons. The van der Waals surface area contributed by atoms with Crippen LogP contribution in [0.2, 0.25) is 5.02 Å². The monoisotopic (exact) mass is 342 g/mol. The zero-order chi connectivity index (χ0) is 16.5. The number of hydrogen-bond acceptors (Lipinski definition) is 3. The first kappa shape index (κ1) is 14.8. The number of fused-ring (bicyclic) bond motifs is 2. The first-order valence-electron chi connectivity index (χ1n) is 7.62. The van der Waals surface area contributed by atoms with E-state index in [2.05, 4.69) is 20.6 Å². The number of halogens is 1. The van der Waals surface area contributed by atoms with Crippen molar-refractivity contribution in [3.63, 3.8) is 0 Å². The molecule has 0 radical (unpaired) electrons. The minimum atomic E-state index is -0.305. The van der Waals surface area contributed by atoms with Gasteiger partial charge in [-0.2, -0.15) is 0 Å². The second-order valence-corrected chi connectivity index (χ2v) is 5.98. The summed E-state index contributed by atoms with van der Waals surface area (Å²) in [5, 5.41) is 7.27. The highest BCUT2D eigenvalue weighted by atomic mass is 35.5. The number of aromatic nitrogens is 2. The molecule has 24 heavy (non-hydrogen) atoms. The molecule has 4 rings (SSSR count). The highest BCUT2D eigenvalue weighted by Gasteiger charge is 2.24. The molecule has 6 nitrogen and oxygen atoms in total. The average Bonchev–Trinajstić information content (AvgIpc) is 3.04. The number of aromatic amines is 1. The zero-order valence-corrected chi connectivity index (χ0v) is 13.4. The molecule has 1 atom stereocenters. The summed E-state index contributed by atoms with van der Waals surface area (Å²) in [7, 11) is 0. The number of amides is 2. The number of anilines is 1. The van der Waals surface area contributed by atoms with Gasteiger partial charge in [-0.05, 0) is 30.3 Å². The molecule has 0 fully saturated rings. The largest absolute Gasteiger partial charge is 0.491 e. The lowest BCUT2D eigenvalue weighted by molar-refractivity contribution is 0.230. The number of rotatable bonds is 2. The first-order chi connectivity index (χ1) is 11.7. The zero-order valence-electron chi connectivity index (χ0n) is 12.7. The van der Waals surface area contributed by atoms with Gasteiger partial charge in [-0.3, -0.25) is 4.98 Å². The lowest BCUT2D eigenvalue weighted by Gasteiger charge is -2.25. The summed E-state index contributed by atoms with van der Waals surface area (Å²) in [6, 6.07) is 8.65. The molecule has 3 N–H and O–H groups in total. The van der Waals surface area contributed by atoms with Gasteiger partial charge in [0.25, 0.3) is 0 Å². The van der Waals surface area contributed by atoms with Crippen molar-refractivity contribution < 1.29 is 9.53 Å². The molecule has 0 saturated heterocycles. The van der Waals surface area contributed by atoms with Gasteiger partial charge >= 0.3 is 6.03 Å².